The van der Waals surface area contributed by atoms with Gasteiger partial charge in [0.15, 0.2) is 11.6 Å². The van der Waals surface area contributed by atoms with E-state index in [-0.39, 0.29) is 11.9 Å². The van der Waals surface area contributed by atoms with Gasteiger partial charge in [-0.25, -0.2) is 9.97 Å². The quantitative estimate of drug-likeness (QED) is 0.0844. The summed E-state index contributed by atoms with van der Waals surface area (Å²) in [4.78, 5) is 32.9. The first-order valence-corrected chi connectivity index (χ1v) is 15.5. The number of carbonyl (C=O) groups is 2. The predicted molar refractivity (Wildman–Crippen MR) is 158 cm³/mol. The van der Waals surface area contributed by atoms with Gasteiger partial charge in [-0.2, -0.15) is 0 Å². The minimum absolute atomic E-state index is 0.196. The van der Waals surface area contributed by atoms with Gasteiger partial charge in [0.1, 0.15) is 5.75 Å². The third kappa shape index (κ3) is 15.4. The fourth-order valence-electron chi connectivity index (χ4n) is 4.54. The topological polar surface area (TPSA) is 78.4 Å². The van der Waals surface area contributed by atoms with Gasteiger partial charge in [-0.3, -0.25) is 9.59 Å². The second-order valence-electron chi connectivity index (χ2n) is 10.5. The van der Waals surface area contributed by atoms with Crippen LogP contribution in [0.2, 0.25) is 0 Å². The van der Waals surface area contributed by atoms with Gasteiger partial charge in [-0.1, -0.05) is 110 Å². The van der Waals surface area contributed by atoms with Crippen molar-refractivity contribution < 1.29 is 19.1 Å². The van der Waals surface area contributed by atoms with E-state index in [0.29, 0.717) is 30.2 Å². The summed E-state index contributed by atoms with van der Waals surface area (Å²) >= 11 is 0. The molecule has 6 heteroatoms. The summed E-state index contributed by atoms with van der Waals surface area (Å²) in [6.07, 6.45) is 24.4. The second-order valence-corrected chi connectivity index (χ2v) is 10.5. The summed E-state index contributed by atoms with van der Waals surface area (Å²) in [6.45, 7) is 4.46. The van der Waals surface area contributed by atoms with E-state index in [4.69, 9.17) is 9.47 Å². The molecular weight excluding hydrogens is 488 g/mol. The van der Waals surface area contributed by atoms with Crippen LogP contribution in [0.25, 0.3) is 11.4 Å². The molecular formula is C33H50N2O4. The third-order valence-electron chi connectivity index (χ3n) is 6.92. The van der Waals surface area contributed by atoms with Gasteiger partial charge in [0, 0.05) is 18.4 Å². The third-order valence-corrected chi connectivity index (χ3v) is 6.92. The molecule has 0 spiro atoms. The highest BCUT2D eigenvalue weighted by atomic mass is 16.5. The Morgan fingerprint density at radius 2 is 0.923 bits per heavy atom. The van der Waals surface area contributed by atoms with Crippen molar-refractivity contribution in [1.29, 1.82) is 0 Å². The average Bonchev–Trinajstić information content (AvgIpc) is 2.94. The number of aromatic nitrogens is 2. The first kappa shape index (κ1) is 32.5. The average molecular weight is 539 g/mol. The monoisotopic (exact) mass is 538 g/mol. The molecule has 1 aromatic carbocycles. The molecule has 6 nitrogen and oxygen atoms in total. The second kappa shape index (κ2) is 21.1. The van der Waals surface area contributed by atoms with Crippen LogP contribution in [0.1, 0.15) is 136 Å². The summed E-state index contributed by atoms with van der Waals surface area (Å²) < 4.78 is 10.9. The van der Waals surface area contributed by atoms with E-state index < -0.39 is 0 Å². The van der Waals surface area contributed by atoms with Crippen molar-refractivity contribution in [3.8, 4) is 22.9 Å². The number of carbonyl (C=O) groups excluding carboxylic acids is 2. The zero-order valence-electron chi connectivity index (χ0n) is 24.4. The molecule has 0 amide bonds. The zero-order valence-corrected chi connectivity index (χ0v) is 24.4. The Labute approximate surface area is 236 Å². The zero-order chi connectivity index (χ0) is 28.0. The summed E-state index contributed by atoms with van der Waals surface area (Å²) in [5, 5.41) is 0. The maximum Gasteiger partial charge on any atom is 0.311 e. The lowest BCUT2D eigenvalue weighted by Crippen LogP contribution is -2.08. The Hall–Kier alpha value is -2.76. The van der Waals surface area contributed by atoms with E-state index >= 15 is 0 Å². The normalized spacial score (nSPS) is 10.9. The Morgan fingerprint density at radius 3 is 1.36 bits per heavy atom. The van der Waals surface area contributed by atoms with Crippen molar-refractivity contribution in [2.75, 3.05) is 0 Å². The Morgan fingerprint density at radius 1 is 0.538 bits per heavy atom. The highest BCUT2D eigenvalue weighted by Crippen LogP contribution is 2.21. The number of esters is 2. The van der Waals surface area contributed by atoms with E-state index in [1.54, 1.807) is 12.1 Å². The van der Waals surface area contributed by atoms with Gasteiger partial charge in [0.2, 0.25) is 0 Å². The molecule has 0 aliphatic heterocycles. The Bertz CT molecular complexity index is 912. The maximum atomic E-state index is 12.1. The lowest BCUT2D eigenvalue weighted by molar-refractivity contribution is -0.135. The van der Waals surface area contributed by atoms with Crippen LogP contribution < -0.4 is 9.47 Å². The fourth-order valence-corrected chi connectivity index (χ4v) is 4.54. The number of ether oxygens (including phenoxy) is 2. The van der Waals surface area contributed by atoms with E-state index in [9.17, 15) is 9.59 Å². The molecule has 2 rings (SSSR count). The predicted octanol–water partition coefficient (Wildman–Crippen LogP) is 9.41. The Kier molecular flexibility index (Phi) is 17.6. The molecule has 0 bridgehead atoms. The smallest absolute Gasteiger partial charge is 0.311 e. The van der Waals surface area contributed by atoms with Crippen LogP contribution in [0.5, 0.6) is 11.5 Å². The van der Waals surface area contributed by atoms with Gasteiger partial charge in [0.05, 0.1) is 12.4 Å². The van der Waals surface area contributed by atoms with Crippen molar-refractivity contribution in [1.82, 2.24) is 9.97 Å². The van der Waals surface area contributed by atoms with Gasteiger partial charge in [0.25, 0.3) is 0 Å². The SMILES string of the molecule is CCCCCCCCCCCC(=O)Oc1cnc(-c2ccc(OC(=O)CCCCCCCCCC)cc2)nc1. The van der Waals surface area contributed by atoms with Gasteiger partial charge < -0.3 is 9.47 Å². The standard InChI is InChI=1S/C33H50N2O4/c1-3-5-7-9-11-13-15-17-19-21-32(37)39-30-26-34-33(35-27-30)28-22-24-29(25-23-28)38-31(36)20-18-16-14-12-10-8-6-4-2/h22-27H,3-21H2,1-2H3. The minimum Gasteiger partial charge on any atom is -0.427 e. The molecule has 0 unspecified atom stereocenters. The molecule has 0 N–H and O–H groups in total. The fraction of sp³-hybridized carbons (Fsp3) is 0.636. The number of benzene rings is 1. The highest BCUT2D eigenvalue weighted by molar-refractivity contribution is 5.73. The largest absolute Gasteiger partial charge is 0.427 e. The summed E-state index contributed by atoms with van der Waals surface area (Å²) in [5.74, 6) is 0.952. The van der Waals surface area contributed by atoms with E-state index in [1.807, 2.05) is 12.1 Å². The minimum atomic E-state index is -0.243. The molecule has 0 atom stereocenters. The molecule has 0 saturated heterocycles. The summed E-state index contributed by atoms with van der Waals surface area (Å²) in [7, 11) is 0. The van der Waals surface area contributed by atoms with E-state index in [0.717, 1.165) is 31.2 Å². The lowest BCUT2D eigenvalue weighted by atomic mass is 10.1. The number of nitrogens with zero attached hydrogens (tertiary/aromatic N) is 2. The van der Waals surface area contributed by atoms with Crippen LogP contribution in [0.15, 0.2) is 36.7 Å². The van der Waals surface area contributed by atoms with E-state index in [2.05, 4.69) is 23.8 Å². The number of rotatable bonds is 22. The van der Waals surface area contributed by atoms with Gasteiger partial charge >= 0.3 is 11.9 Å². The van der Waals surface area contributed by atoms with Crippen molar-refractivity contribution in [3.63, 3.8) is 0 Å². The van der Waals surface area contributed by atoms with E-state index in [1.165, 1.54) is 95.9 Å². The van der Waals surface area contributed by atoms with Crippen LogP contribution >= 0.6 is 0 Å². The lowest BCUT2D eigenvalue weighted by Gasteiger charge is -2.07. The van der Waals surface area contributed by atoms with Crippen molar-refractivity contribution in [3.05, 3.63) is 36.7 Å². The molecule has 0 fully saturated rings. The summed E-state index contributed by atoms with van der Waals surface area (Å²) in [6, 6.07) is 7.15. The van der Waals surface area contributed by atoms with Crippen LogP contribution in [-0.4, -0.2) is 21.9 Å². The molecule has 1 aromatic heterocycles. The van der Waals surface area contributed by atoms with Crippen molar-refractivity contribution in [2.24, 2.45) is 0 Å². The molecule has 0 radical (unpaired) electrons. The van der Waals surface area contributed by atoms with Crippen LogP contribution in [0.4, 0.5) is 0 Å². The number of hydrogen-bond donors (Lipinski definition) is 0. The van der Waals surface area contributed by atoms with Crippen molar-refractivity contribution in [2.45, 2.75) is 136 Å². The molecule has 39 heavy (non-hydrogen) atoms. The van der Waals surface area contributed by atoms with Gasteiger partial charge in [-0.05, 0) is 37.1 Å². The maximum absolute atomic E-state index is 12.1. The van der Waals surface area contributed by atoms with Crippen LogP contribution in [-0.2, 0) is 9.59 Å². The van der Waals surface area contributed by atoms with Gasteiger partial charge in [-0.15, -0.1) is 0 Å². The van der Waals surface area contributed by atoms with Crippen LogP contribution in [0, 0.1) is 0 Å². The summed E-state index contributed by atoms with van der Waals surface area (Å²) in [5.41, 5.74) is 0.797. The molecule has 0 aliphatic carbocycles. The molecule has 216 valence electrons. The number of unbranched alkanes of at least 4 members (excludes halogenated alkanes) is 15. The molecule has 0 aliphatic rings. The highest BCUT2D eigenvalue weighted by Gasteiger charge is 2.09. The molecule has 1 heterocycles. The Balaban J connectivity index is 1.62. The molecule has 2 aromatic rings. The van der Waals surface area contributed by atoms with Crippen LogP contribution in [0.3, 0.4) is 0 Å². The van der Waals surface area contributed by atoms with Crippen molar-refractivity contribution >= 4 is 11.9 Å². The number of hydrogen-bond acceptors (Lipinski definition) is 6. The first-order valence-electron chi connectivity index (χ1n) is 15.5. The molecule has 0 saturated carbocycles. The first-order chi connectivity index (χ1) is 19.1.